The summed E-state index contributed by atoms with van der Waals surface area (Å²) in [5.74, 6) is -0.227. The van der Waals surface area contributed by atoms with E-state index < -0.39 is 0 Å². The number of nitrogens with zero attached hydrogens (tertiary/aromatic N) is 1. The van der Waals surface area contributed by atoms with Gasteiger partial charge in [0.05, 0.1) is 12.0 Å². The first-order valence-corrected chi connectivity index (χ1v) is 8.26. The van der Waals surface area contributed by atoms with E-state index in [-0.39, 0.29) is 23.9 Å². The van der Waals surface area contributed by atoms with Crippen LogP contribution in [0.4, 0.5) is 0 Å². The molecule has 112 valence electrons. The molecule has 1 aliphatic heterocycles. The standard InChI is InChI=1S/C15H25N3OS/c1-3-12(16)14(13-5-4-8-20-13)18-9-11(15(17)19)7-6-10(18)2/h4-5,8,10-12,14H,3,6-7,9,16H2,1-2H3,(H2,17,19). The highest BCUT2D eigenvalue weighted by atomic mass is 32.1. The zero-order valence-corrected chi connectivity index (χ0v) is 13.1. The lowest BCUT2D eigenvalue weighted by molar-refractivity contribution is -0.124. The van der Waals surface area contributed by atoms with Crippen molar-refractivity contribution >= 4 is 17.2 Å². The van der Waals surface area contributed by atoms with Crippen LogP contribution in [0, 0.1) is 5.92 Å². The zero-order valence-electron chi connectivity index (χ0n) is 12.3. The Labute approximate surface area is 125 Å². The maximum Gasteiger partial charge on any atom is 0.221 e. The number of hydrogen-bond acceptors (Lipinski definition) is 4. The molecule has 2 rings (SSSR count). The average Bonchev–Trinajstić information content (AvgIpc) is 2.94. The van der Waals surface area contributed by atoms with Gasteiger partial charge in [-0.2, -0.15) is 0 Å². The maximum absolute atomic E-state index is 11.5. The molecule has 0 radical (unpaired) electrons. The molecule has 4 N–H and O–H groups in total. The van der Waals surface area contributed by atoms with Crippen LogP contribution in [0.1, 0.15) is 44.0 Å². The van der Waals surface area contributed by atoms with Crippen molar-refractivity contribution in [1.82, 2.24) is 4.90 Å². The number of primary amides is 1. The van der Waals surface area contributed by atoms with Gasteiger partial charge in [-0.15, -0.1) is 11.3 Å². The summed E-state index contributed by atoms with van der Waals surface area (Å²) >= 11 is 1.74. The van der Waals surface area contributed by atoms with Crippen molar-refractivity contribution in [2.45, 2.75) is 51.2 Å². The number of nitrogens with two attached hydrogens (primary N) is 2. The minimum absolute atomic E-state index is 0.0438. The van der Waals surface area contributed by atoms with Gasteiger partial charge in [-0.3, -0.25) is 9.69 Å². The molecule has 0 aliphatic carbocycles. The molecular formula is C15H25N3OS. The number of piperidine rings is 1. The summed E-state index contributed by atoms with van der Waals surface area (Å²) < 4.78 is 0. The first kappa shape index (κ1) is 15.5. The molecule has 2 heterocycles. The fourth-order valence-electron chi connectivity index (χ4n) is 3.06. The highest BCUT2D eigenvalue weighted by molar-refractivity contribution is 7.10. The van der Waals surface area contributed by atoms with Gasteiger partial charge in [0.2, 0.25) is 5.91 Å². The van der Waals surface area contributed by atoms with Gasteiger partial charge >= 0.3 is 0 Å². The monoisotopic (exact) mass is 295 g/mol. The van der Waals surface area contributed by atoms with Crippen LogP contribution in [-0.2, 0) is 4.79 Å². The van der Waals surface area contributed by atoms with Crippen molar-refractivity contribution in [2.75, 3.05) is 6.54 Å². The van der Waals surface area contributed by atoms with E-state index in [1.165, 1.54) is 4.88 Å². The quantitative estimate of drug-likeness (QED) is 0.874. The Morgan fingerprint density at radius 1 is 1.55 bits per heavy atom. The van der Waals surface area contributed by atoms with Gasteiger partial charge in [-0.25, -0.2) is 0 Å². The van der Waals surface area contributed by atoms with E-state index in [9.17, 15) is 4.79 Å². The predicted molar refractivity (Wildman–Crippen MR) is 83.4 cm³/mol. The number of carbonyl (C=O) groups is 1. The lowest BCUT2D eigenvalue weighted by Gasteiger charge is -2.43. The van der Waals surface area contributed by atoms with E-state index >= 15 is 0 Å². The fourth-order valence-corrected chi connectivity index (χ4v) is 3.98. The van der Waals surface area contributed by atoms with E-state index in [1.54, 1.807) is 11.3 Å². The average molecular weight is 295 g/mol. The molecule has 0 bridgehead atoms. The first-order chi connectivity index (χ1) is 9.54. The SMILES string of the molecule is CCC(N)C(c1cccs1)N1CC(C(N)=O)CCC1C. The third-order valence-corrected chi connectivity index (χ3v) is 5.34. The van der Waals surface area contributed by atoms with Crippen LogP contribution < -0.4 is 11.5 Å². The number of likely N-dealkylation sites (tertiary alicyclic amines) is 1. The topological polar surface area (TPSA) is 72.3 Å². The molecule has 5 heteroatoms. The van der Waals surface area contributed by atoms with Crippen LogP contribution in [0.25, 0.3) is 0 Å². The first-order valence-electron chi connectivity index (χ1n) is 7.38. The third kappa shape index (κ3) is 3.22. The van der Waals surface area contributed by atoms with Crippen LogP contribution in [0.3, 0.4) is 0 Å². The third-order valence-electron chi connectivity index (χ3n) is 4.40. The summed E-state index contributed by atoms with van der Waals surface area (Å²) in [4.78, 5) is 15.2. The van der Waals surface area contributed by atoms with Crippen LogP contribution in [0.15, 0.2) is 17.5 Å². The molecule has 4 nitrogen and oxygen atoms in total. The molecule has 1 saturated heterocycles. The smallest absolute Gasteiger partial charge is 0.221 e. The molecule has 1 fully saturated rings. The highest BCUT2D eigenvalue weighted by Crippen LogP contribution is 2.35. The van der Waals surface area contributed by atoms with Crippen molar-refractivity contribution < 1.29 is 4.79 Å². The van der Waals surface area contributed by atoms with Crippen molar-refractivity contribution in [3.8, 4) is 0 Å². The van der Waals surface area contributed by atoms with Crippen molar-refractivity contribution in [3.05, 3.63) is 22.4 Å². The van der Waals surface area contributed by atoms with E-state index in [0.29, 0.717) is 6.04 Å². The van der Waals surface area contributed by atoms with Gasteiger partial charge in [0.25, 0.3) is 0 Å². The van der Waals surface area contributed by atoms with E-state index in [1.807, 2.05) is 0 Å². The number of rotatable bonds is 5. The number of amides is 1. The molecule has 1 aliphatic rings. The molecular weight excluding hydrogens is 270 g/mol. The fraction of sp³-hybridized carbons (Fsp3) is 0.667. The Balaban J connectivity index is 2.24. The summed E-state index contributed by atoms with van der Waals surface area (Å²) in [5, 5.41) is 2.09. The Bertz CT molecular complexity index is 434. The summed E-state index contributed by atoms with van der Waals surface area (Å²) in [7, 11) is 0. The molecule has 1 amide bonds. The largest absolute Gasteiger partial charge is 0.369 e. The second-order valence-corrected chi connectivity index (χ2v) is 6.73. The Hall–Kier alpha value is -0.910. The Morgan fingerprint density at radius 2 is 2.30 bits per heavy atom. The van der Waals surface area contributed by atoms with Crippen LogP contribution in [-0.4, -0.2) is 29.4 Å². The van der Waals surface area contributed by atoms with Crippen LogP contribution in [0.2, 0.25) is 0 Å². The molecule has 0 aromatic carbocycles. The number of carbonyl (C=O) groups excluding carboxylic acids is 1. The minimum Gasteiger partial charge on any atom is -0.369 e. The van der Waals surface area contributed by atoms with Gasteiger partial charge in [-0.05, 0) is 37.6 Å². The van der Waals surface area contributed by atoms with Crippen molar-refractivity contribution in [3.63, 3.8) is 0 Å². The van der Waals surface area contributed by atoms with Crippen molar-refractivity contribution in [1.29, 1.82) is 0 Å². The summed E-state index contributed by atoms with van der Waals surface area (Å²) in [5.41, 5.74) is 11.9. The van der Waals surface area contributed by atoms with Gasteiger partial charge in [0.1, 0.15) is 0 Å². The summed E-state index contributed by atoms with van der Waals surface area (Å²) in [6.45, 7) is 5.07. The molecule has 4 atom stereocenters. The molecule has 20 heavy (non-hydrogen) atoms. The number of thiophene rings is 1. The second kappa shape index (κ2) is 6.70. The normalized spacial score (nSPS) is 27.1. The van der Waals surface area contributed by atoms with Gasteiger partial charge < -0.3 is 11.5 Å². The minimum atomic E-state index is -0.183. The Kier molecular flexibility index (Phi) is 5.18. The molecule has 0 spiro atoms. The summed E-state index contributed by atoms with van der Waals surface area (Å²) in [6.07, 6.45) is 2.82. The summed E-state index contributed by atoms with van der Waals surface area (Å²) in [6, 6.07) is 4.93. The van der Waals surface area contributed by atoms with Crippen LogP contribution >= 0.6 is 11.3 Å². The number of hydrogen-bond donors (Lipinski definition) is 2. The molecule has 1 aromatic rings. The van der Waals surface area contributed by atoms with E-state index in [2.05, 4.69) is 36.3 Å². The second-order valence-electron chi connectivity index (χ2n) is 5.75. The van der Waals surface area contributed by atoms with Crippen LogP contribution in [0.5, 0.6) is 0 Å². The Morgan fingerprint density at radius 3 is 2.85 bits per heavy atom. The van der Waals surface area contributed by atoms with Gasteiger partial charge in [0.15, 0.2) is 0 Å². The molecule has 1 aromatic heterocycles. The van der Waals surface area contributed by atoms with Crippen molar-refractivity contribution in [2.24, 2.45) is 17.4 Å². The van der Waals surface area contributed by atoms with E-state index in [0.717, 1.165) is 25.8 Å². The molecule has 4 unspecified atom stereocenters. The lowest BCUT2D eigenvalue weighted by Crippen LogP contribution is -2.51. The highest BCUT2D eigenvalue weighted by Gasteiger charge is 2.36. The maximum atomic E-state index is 11.5. The predicted octanol–water partition coefficient (Wildman–Crippen LogP) is 2.11. The van der Waals surface area contributed by atoms with E-state index in [4.69, 9.17) is 11.5 Å². The zero-order chi connectivity index (χ0) is 14.7. The van der Waals surface area contributed by atoms with Gasteiger partial charge in [0, 0.05) is 23.5 Å². The van der Waals surface area contributed by atoms with Gasteiger partial charge in [-0.1, -0.05) is 13.0 Å². The lowest BCUT2D eigenvalue weighted by atomic mass is 9.89. The molecule has 0 saturated carbocycles.